The third-order valence-corrected chi connectivity index (χ3v) is 5.24. The molecule has 1 aliphatic rings. The monoisotopic (exact) mass is 408 g/mol. The number of piperazine rings is 1. The number of methoxy groups -OCH3 is 2. The van der Waals surface area contributed by atoms with Crippen molar-refractivity contribution in [3.63, 3.8) is 0 Å². The zero-order valence-corrected chi connectivity index (χ0v) is 17.1. The van der Waals surface area contributed by atoms with Crippen molar-refractivity contribution in [3.8, 4) is 17.2 Å². The molecule has 2 aromatic carbocycles. The Balaban J connectivity index is 1.40. The summed E-state index contributed by atoms with van der Waals surface area (Å²) in [4.78, 5) is 17.3. The highest BCUT2D eigenvalue weighted by Gasteiger charge is 2.24. The van der Waals surface area contributed by atoms with Crippen molar-refractivity contribution in [3.05, 3.63) is 59.9 Å². The number of nitrogens with zero attached hydrogens (tertiary/aromatic N) is 6. The van der Waals surface area contributed by atoms with E-state index in [9.17, 15) is 4.79 Å². The minimum atomic E-state index is -0.00753. The van der Waals surface area contributed by atoms with Crippen molar-refractivity contribution in [1.29, 1.82) is 0 Å². The van der Waals surface area contributed by atoms with Gasteiger partial charge in [0.1, 0.15) is 6.33 Å². The first-order valence-corrected chi connectivity index (χ1v) is 9.74. The molecule has 0 bridgehead atoms. The molecule has 4 rings (SSSR count). The Morgan fingerprint density at radius 2 is 1.77 bits per heavy atom. The van der Waals surface area contributed by atoms with Crippen LogP contribution in [0.4, 0.5) is 0 Å². The third-order valence-electron chi connectivity index (χ3n) is 5.24. The van der Waals surface area contributed by atoms with Crippen LogP contribution in [0.25, 0.3) is 5.69 Å². The Morgan fingerprint density at radius 1 is 1.00 bits per heavy atom. The lowest BCUT2D eigenvalue weighted by Crippen LogP contribution is -2.48. The zero-order valence-electron chi connectivity index (χ0n) is 17.1. The third kappa shape index (κ3) is 4.11. The molecule has 0 saturated carbocycles. The van der Waals surface area contributed by atoms with E-state index in [1.807, 2.05) is 47.4 Å². The highest BCUT2D eigenvalue weighted by atomic mass is 16.5. The molecule has 0 radical (unpaired) electrons. The molecule has 0 unspecified atom stereocenters. The van der Waals surface area contributed by atoms with Gasteiger partial charge in [-0.05, 0) is 40.3 Å². The molecule has 0 atom stereocenters. The lowest BCUT2D eigenvalue weighted by atomic mass is 10.1. The molecule has 9 nitrogen and oxygen atoms in total. The molecule has 1 aliphatic heterocycles. The quantitative estimate of drug-likeness (QED) is 0.613. The molecule has 1 amide bonds. The maximum Gasteiger partial charge on any atom is 0.256 e. The fourth-order valence-corrected chi connectivity index (χ4v) is 3.64. The van der Waals surface area contributed by atoms with Gasteiger partial charge in [0.25, 0.3) is 5.91 Å². The van der Waals surface area contributed by atoms with Crippen LogP contribution < -0.4 is 9.47 Å². The number of aromatic nitrogens is 4. The van der Waals surface area contributed by atoms with E-state index in [0.717, 1.165) is 36.7 Å². The number of ether oxygens (including phenoxy) is 2. The van der Waals surface area contributed by atoms with Crippen LogP contribution in [0.2, 0.25) is 0 Å². The molecule has 0 spiro atoms. The summed E-state index contributed by atoms with van der Waals surface area (Å²) >= 11 is 0. The molecule has 0 aliphatic carbocycles. The van der Waals surface area contributed by atoms with E-state index in [-0.39, 0.29) is 5.91 Å². The van der Waals surface area contributed by atoms with E-state index in [0.29, 0.717) is 24.3 Å². The topological polar surface area (TPSA) is 85.6 Å². The summed E-state index contributed by atoms with van der Waals surface area (Å²) in [7, 11) is 3.27. The second-order valence-electron chi connectivity index (χ2n) is 7.03. The van der Waals surface area contributed by atoms with Crippen LogP contribution in [0.3, 0.4) is 0 Å². The molecule has 9 heteroatoms. The van der Waals surface area contributed by atoms with E-state index in [2.05, 4.69) is 20.4 Å². The lowest BCUT2D eigenvalue weighted by Gasteiger charge is -2.35. The fraction of sp³-hybridized carbons (Fsp3) is 0.333. The molecular weight excluding hydrogens is 384 g/mol. The predicted molar refractivity (Wildman–Crippen MR) is 110 cm³/mol. The Hall–Kier alpha value is -3.46. The van der Waals surface area contributed by atoms with Gasteiger partial charge in [0.05, 0.1) is 25.5 Å². The highest BCUT2D eigenvalue weighted by molar-refractivity contribution is 5.97. The van der Waals surface area contributed by atoms with Crippen molar-refractivity contribution < 1.29 is 14.3 Å². The molecule has 1 fully saturated rings. The SMILES string of the molecule is COc1ccc(CN2CCN(C(=O)c3ccccc3-n3cnnn3)CC2)cc1OC. The molecule has 3 aromatic rings. The van der Waals surface area contributed by atoms with Crippen LogP contribution in [0.15, 0.2) is 48.8 Å². The summed E-state index contributed by atoms with van der Waals surface area (Å²) in [6.45, 7) is 3.72. The van der Waals surface area contributed by atoms with E-state index < -0.39 is 0 Å². The highest BCUT2D eigenvalue weighted by Crippen LogP contribution is 2.28. The largest absolute Gasteiger partial charge is 0.493 e. The number of carbonyl (C=O) groups excluding carboxylic acids is 1. The van der Waals surface area contributed by atoms with Gasteiger partial charge in [0, 0.05) is 32.7 Å². The maximum atomic E-state index is 13.1. The van der Waals surface area contributed by atoms with Crippen LogP contribution >= 0.6 is 0 Å². The van der Waals surface area contributed by atoms with Gasteiger partial charge < -0.3 is 14.4 Å². The second-order valence-corrected chi connectivity index (χ2v) is 7.03. The standard InChI is InChI=1S/C21H24N6O3/c1-29-19-8-7-16(13-20(19)30-2)14-25-9-11-26(12-10-25)21(28)17-5-3-4-6-18(17)27-15-22-23-24-27/h3-8,13,15H,9-12,14H2,1-2H3. The van der Waals surface area contributed by atoms with E-state index in [1.54, 1.807) is 14.2 Å². The van der Waals surface area contributed by atoms with Gasteiger partial charge in [-0.3, -0.25) is 9.69 Å². The summed E-state index contributed by atoms with van der Waals surface area (Å²) in [6.07, 6.45) is 1.49. The zero-order chi connectivity index (χ0) is 20.9. The van der Waals surface area contributed by atoms with Gasteiger partial charge in [0.15, 0.2) is 11.5 Å². The minimum absolute atomic E-state index is 0.00753. The predicted octanol–water partition coefficient (Wildman–Crippen LogP) is 1.64. The fourth-order valence-electron chi connectivity index (χ4n) is 3.64. The van der Waals surface area contributed by atoms with Gasteiger partial charge in [0.2, 0.25) is 0 Å². The van der Waals surface area contributed by atoms with Crippen molar-refractivity contribution >= 4 is 5.91 Å². The molecule has 0 N–H and O–H groups in total. The van der Waals surface area contributed by atoms with Crippen LogP contribution in [-0.2, 0) is 6.54 Å². The first-order chi connectivity index (χ1) is 14.7. The average Bonchev–Trinajstić information content (AvgIpc) is 3.34. The Labute approximate surface area is 174 Å². The average molecular weight is 408 g/mol. The Morgan fingerprint density at radius 3 is 2.47 bits per heavy atom. The first kappa shape index (κ1) is 19.8. The van der Waals surface area contributed by atoms with Gasteiger partial charge >= 0.3 is 0 Å². The summed E-state index contributed by atoms with van der Waals surface area (Å²) in [6, 6.07) is 13.3. The van der Waals surface area contributed by atoms with Gasteiger partial charge in [-0.2, -0.15) is 4.68 Å². The first-order valence-electron chi connectivity index (χ1n) is 9.74. The molecule has 1 aromatic heterocycles. The smallest absolute Gasteiger partial charge is 0.256 e. The molecule has 2 heterocycles. The van der Waals surface area contributed by atoms with Crippen LogP contribution in [-0.4, -0.2) is 76.3 Å². The van der Waals surface area contributed by atoms with E-state index in [1.165, 1.54) is 11.0 Å². The number of benzene rings is 2. The number of hydrogen-bond donors (Lipinski definition) is 0. The molecule has 156 valence electrons. The maximum absolute atomic E-state index is 13.1. The molecule has 1 saturated heterocycles. The number of rotatable bonds is 6. The molecular formula is C21H24N6O3. The van der Waals surface area contributed by atoms with Crippen LogP contribution in [0.5, 0.6) is 11.5 Å². The number of para-hydroxylation sites is 1. The number of carbonyl (C=O) groups is 1. The van der Waals surface area contributed by atoms with E-state index in [4.69, 9.17) is 9.47 Å². The van der Waals surface area contributed by atoms with Crippen molar-refractivity contribution in [2.45, 2.75) is 6.54 Å². The lowest BCUT2D eigenvalue weighted by molar-refractivity contribution is 0.0628. The Bertz CT molecular complexity index is 1000. The summed E-state index contributed by atoms with van der Waals surface area (Å²) in [5, 5.41) is 11.3. The number of amides is 1. The van der Waals surface area contributed by atoms with Crippen LogP contribution in [0, 0.1) is 0 Å². The van der Waals surface area contributed by atoms with Crippen molar-refractivity contribution in [2.24, 2.45) is 0 Å². The number of hydrogen-bond acceptors (Lipinski definition) is 7. The minimum Gasteiger partial charge on any atom is -0.493 e. The summed E-state index contributed by atoms with van der Waals surface area (Å²) in [5.41, 5.74) is 2.43. The van der Waals surface area contributed by atoms with Gasteiger partial charge in [-0.25, -0.2) is 0 Å². The summed E-state index contributed by atoms with van der Waals surface area (Å²) in [5.74, 6) is 1.44. The Kier molecular flexibility index (Phi) is 5.89. The van der Waals surface area contributed by atoms with Gasteiger partial charge in [-0.15, -0.1) is 5.10 Å². The van der Waals surface area contributed by atoms with Crippen molar-refractivity contribution in [2.75, 3.05) is 40.4 Å². The molecule has 30 heavy (non-hydrogen) atoms. The van der Waals surface area contributed by atoms with E-state index >= 15 is 0 Å². The second kappa shape index (κ2) is 8.91. The number of tetrazole rings is 1. The van der Waals surface area contributed by atoms with Crippen LogP contribution in [0.1, 0.15) is 15.9 Å². The van der Waals surface area contributed by atoms with Gasteiger partial charge in [-0.1, -0.05) is 18.2 Å². The summed E-state index contributed by atoms with van der Waals surface area (Å²) < 4.78 is 12.2. The van der Waals surface area contributed by atoms with Crippen molar-refractivity contribution in [1.82, 2.24) is 30.0 Å². The normalized spacial score (nSPS) is 14.5.